The minimum Gasteiger partial charge on any atom is -0.251 e. The van der Waals surface area contributed by atoms with Crippen LogP contribution in [0.5, 0.6) is 0 Å². The minimum atomic E-state index is 0.975. The highest BCUT2D eigenvalue weighted by Crippen LogP contribution is 2.43. The Morgan fingerprint density at radius 3 is 2.25 bits per heavy atom. The number of fused-ring (bicyclic) bond motifs is 7. The van der Waals surface area contributed by atoms with Crippen LogP contribution in [0.15, 0.2) is 60.7 Å². The Kier molecular flexibility index (Phi) is 2.81. The second-order valence-corrected chi connectivity index (χ2v) is 6.82. The second-order valence-electron chi connectivity index (χ2n) is 6.82. The van der Waals surface area contributed by atoms with Gasteiger partial charge in [0.25, 0.3) is 0 Å². The monoisotopic (exact) mass is 308 g/mol. The molecule has 5 rings (SSSR count). The molecule has 1 aromatic heterocycles. The molecule has 1 heteroatoms. The summed E-state index contributed by atoms with van der Waals surface area (Å²) in [5.41, 5.74) is 6.40. The van der Waals surface area contributed by atoms with E-state index >= 15 is 0 Å². The maximum Gasteiger partial charge on any atom is 0.0750 e. The molecular weight excluding hydrogens is 290 g/mol. The van der Waals surface area contributed by atoms with E-state index in [2.05, 4.69) is 74.5 Å². The van der Waals surface area contributed by atoms with E-state index in [4.69, 9.17) is 4.98 Å². The van der Waals surface area contributed by atoms with Crippen LogP contribution >= 0.6 is 0 Å². The SMILES string of the molecule is C[C](C)c1nc2c(c3ccccc13)Cc1c-2ccc2ccccc12. The molecule has 0 bridgehead atoms. The Hall–Kier alpha value is -2.67. The molecule has 0 atom stereocenters. The van der Waals surface area contributed by atoms with Crippen molar-refractivity contribution in [3.8, 4) is 11.3 Å². The molecule has 0 spiro atoms. The smallest absolute Gasteiger partial charge is 0.0750 e. The lowest BCUT2D eigenvalue weighted by atomic mass is 9.97. The molecule has 1 nitrogen and oxygen atoms in total. The first kappa shape index (κ1) is 13.7. The van der Waals surface area contributed by atoms with Gasteiger partial charge in [-0.3, -0.25) is 4.98 Å². The van der Waals surface area contributed by atoms with Crippen LogP contribution < -0.4 is 0 Å². The normalized spacial score (nSPS) is 12.8. The van der Waals surface area contributed by atoms with Crippen molar-refractivity contribution >= 4 is 21.5 Å². The number of hydrogen-bond donors (Lipinski definition) is 0. The lowest BCUT2D eigenvalue weighted by Gasteiger charge is -2.13. The lowest BCUT2D eigenvalue weighted by Crippen LogP contribution is -1.99. The highest BCUT2D eigenvalue weighted by molar-refractivity contribution is 6.00. The van der Waals surface area contributed by atoms with Crippen LogP contribution in [0.4, 0.5) is 0 Å². The van der Waals surface area contributed by atoms with Gasteiger partial charge in [0.2, 0.25) is 0 Å². The molecule has 1 radical (unpaired) electrons. The number of benzene rings is 3. The highest BCUT2D eigenvalue weighted by Gasteiger charge is 2.25. The first-order chi connectivity index (χ1) is 11.7. The fourth-order valence-electron chi connectivity index (χ4n) is 4.03. The third-order valence-electron chi connectivity index (χ3n) is 5.14. The standard InChI is InChI=1S/C23H18N/c1-14(2)22-18-10-6-5-9-17(18)21-13-20-16-8-4-3-7-15(16)11-12-19(20)23(21)24-22/h3-12H,13H2,1-2H3. The van der Waals surface area contributed by atoms with Crippen LogP contribution in [0.3, 0.4) is 0 Å². The van der Waals surface area contributed by atoms with Crippen molar-refractivity contribution in [2.24, 2.45) is 0 Å². The summed E-state index contributed by atoms with van der Waals surface area (Å²) in [5.74, 6) is 1.27. The number of rotatable bonds is 1. The molecule has 0 unspecified atom stereocenters. The third-order valence-corrected chi connectivity index (χ3v) is 5.14. The van der Waals surface area contributed by atoms with Crippen LogP contribution in [0.2, 0.25) is 0 Å². The Balaban J connectivity index is 1.89. The minimum absolute atomic E-state index is 0.975. The van der Waals surface area contributed by atoms with E-state index in [0.717, 1.165) is 12.1 Å². The molecule has 1 aliphatic carbocycles. The van der Waals surface area contributed by atoms with Crippen molar-refractivity contribution in [3.05, 3.63) is 83.4 Å². The van der Waals surface area contributed by atoms with Crippen LogP contribution in [0.1, 0.15) is 30.7 Å². The topological polar surface area (TPSA) is 12.9 Å². The summed E-state index contributed by atoms with van der Waals surface area (Å²) in [6, 6.07) is 21.8. The quantitative estimate of drug-likeness (QED) is 0.374. The van der Waals surface area contributed by atoms with Crippen molar-refractivity contribution in [2.75, 3.05) is 0 Å². The van der Waals surface area contributed by atoms with Gasteiger partial charge in [-0.2, -0.15) is 0 Å². The van der Waals surface area contributed by atoms with E-state index in [-0.39, 0.29) is 0 Å². The van der Waals surface area contributed by atoms with Gasteiger partial charge in [0.05, 0.1) is 11.4 Å². The zero-order chi connectivity index (χ0) is 16.3. The Labute approximate surface area is 142 Å². The zero-order valence-corrected chi connectivity index (χ0v) is 13.9. The summed E-state index contributed by atoms with van der Waals surface area (Å²) in [7, 11) is 0. The van der Waals surface area contributed by atoms with Gasteiger partial charge >= 0.3 is 0 Å². The predicted octanol–water partition coefficient (Wildman–Crippen LogP) is 5.92. The molecule has 115 valence electrons. The average molecular weight is 308 g/mol. The molecule has 0 saturated carbocycles. The Morgan fingerprint density at radius 1 is 0.750 bits per heavy atom. The molecular formula is C23H18N. The van der Waals surface area contributed by atoms with Crippen LogP contribution in [-0.2, 0) is 6.42 Å². The molecule has 0 amide bonds. The van der Waals surface area contributed by atoms with Crippen molar-refractivity contribution in [1.82, 2.24) is 4.98 Å². The van der Waals surface area contributed by atoms with Gasteiger partial charge in [0.15, 0.2) is 0 Å². The highest BCUT2D eigenvalue weighted by atomic mass is 14.7. The van der Waals surface area contributed by atoms with Crippen molar-refractivity contribution in [3.63, 3.8) is 0 Å². The van der Waals surface area contributed by atoms with Crippen LogP contribution in [0, 0.1) is 5.92 Å². The van der Waals surface area contributed by atoms with Gasteiger partial charge in [-0.25, -0.2) is 0 Å². The summed E-state index contributed by atoms with van der Waals surface area (Å²) in [6.07, 6.45) is 0.975. The van der Waals surface area contributed by atoms with Crippen molar-refractivity contribution < 1.29 is 0 Å². The first-order valence-corrected chi connectivity index (χ1v) is 8.47. The number of pyridine rings is 1. The molecule has 0 N–H and O–H groups in total. The first-order valence-electron chi connectivity index (χ1n) is 8.47. The second kappa shape index (κ2) is 4.91. The van der Waals surface area contributed by atoms with E-state index in [0.29, 0.717) is 0 Å². The number of aromatic nitrogens is 1. The van der Waals surface area contributed by atoms with Crippen molar-refractivity contribution in [1.29, 1.82) is 0 Å². The Bertz CT molecular complexity index is 1110. The summed E-state index contributed by atoms with van der Waals surface area (Å²) in [5, 5.41) is 5.29. The predicted molar refractivity (Wildman–Crippen MR) is 101 cm³/mol. The van der Waals surface area contributed by atoms with Gasteiger partial charge in [0, 0.05) is 23.3 Å². The van der Waals surface area contributed by atoms with E-state index in [1.807, 2.05) is 0 Å². The summed E-state index contributed by atoms with van der Waals surface area (Å²) < 4.78 is 0. The molecule has 1 aliphatic rings. The maximum atomic E-state index is 5.09. The summed E-state index contributed by atoms with van der Waals surface area (Å²) in [4.78, 5) is 5.09. The maximum absolute atomic E-state index is 5.09. The lowest BCUT2D eigenvalue weighted by molar-refractivity contribution is 1.08. The summed E-state index contributed by atoms with van der Waals surface area (Å²) >= 11 is 0. The van der Waals surface area contributed by atoms with Gasteiger partial charge in [-0.15, -0.1) is 0 Å². The summed E-state index contributed by atoms with van der Waals surface area (Å²) in [6.45, 7) is 4.30. The fourth-order valence-corrected chi connectivity index (χ4v) is 4.03. The molecule has 0 fully saturated rings. The van der Waals surface area contributed by atoms with Crippen molar-refractivity contribution in [2.45, 2.75) is 20.3 Å². The molecule has 4 aromatic rings. The van der Waals surface area contributed by atoms with E-state index in [1.165, 1.54) is 49.8 Å². The van der Waals surface area contributed by atoms with Gasteiger partial charge in [0.1, 0.15) is 0 Å². The van der Waals surface area contributed by atoms with Gasteiger partial charge in [-0.05, 0) is 27.3 Å². The largest absolute Gasteiger partial charge is 0.251 e. The van der Waals surface area contributed by atoms with Crippen LogP contribution in [0.25, 0.3) is 32.8 Å². The van der Waals surface area contributed by atoms with E-state index < -0.39 is 0 Å². The van der Waals surface area contributed by atoms with E-state index in [9.17, 15) is 0 Å². The molecule has 24 heavy (non-hydrogen) atoms. The fraction of sp³-hybridized carbons (Fsp3) is 0.130. The molecule has 3 aromatic carbocycles. The number of hydrogen-bond acceptors (Lipinski definition) is 1. The van der Waals surface area contributed by atoms with Gasteiger partial charge in [-0.1, -0.05) is 74.5 Å². The average Bonchev–Trinajstić information content (AvgIpc) is 3.00. The molecule has 0 saturated heterocycles. The molecule has 1 heterocycles. The number of nitrogens with zero attached hydrogens (tertiary/aromatic N) is 1. The molecule has 0 aliphatic heterocycles. The van der Waals surface area contributed by atoms with Gasteiger partial charge < -0.3 is 0 Å². The Morgan fingerprint density at radius 2 is 1.46 bits per heavy atom. The van der Waals surface area contributed by atoms with E-state index in [1.54, 1.807) is 0 Å². The zero-order valence-electron chi connectivity index (χ0n) is 13.9. The van der Waals surface area contributed by atoms with Crippen LogP contribution in [-0.4, -0.2) is 4.98 Å². The third kappa shape index (κ3) is 1.78.